The lowest BCUT2D eigenvalue weighted by Gasteiger charge is -2.10. The van der Waals surface area contributed by atoms with Crippen molar-refractivity contribution in [3.05, 3.63) is 68.0 Å². The first-order valence-corrected chi connectivity index (χ1v) is 8.89. The van der Waals surface area contributed by atoms with Gasteiger partial charge < -0.3 is 5.32 Å². The van der Waals surface area contributed by atoms with Gasteiger partial charge in [-0.05, 0) is 36.8 Å². The van der Waals surface area contributed by atoms with Crippen LogP contribution in [0.15, 0.2) is 42.6 Å². The Balaban J connectivity index is 1.77. The van der Waals surface area contributed by atoms with Crippen LogP contribution in [0.1, 0.15) is 31.8 Å². The fraction of sp³-hybridized carbons (Fsp3) is 0.118. The van der Waals surface area contributed by atoms with Gasteiger partial charge in [0, 0.05) is 16.1 Å². The van der Waals surface area contributed by atoms with E-state index in [0.717, 1.165) is 16.9 Å². The van der Waals surface area contributed by atoms with Crippen molar-refractivity contribution in [1.82, 2.24) is 9.78 Å². The van der Waals surface area contributed by atoms with Gasteiger partial charge in [0.15, 0.2) is 5.78 Å². The van der Waals surface area contributed by atoms with Gasteiger partial charge >= 0.3 is 0 Å². The number of thiophene rings is 1. The summed E-state index contributed by atoms with van der Waals surface area (Å²) in [5, 5.41) is 8.11. The van der Waals surface area contributed by atoms with Crippen LogP contribution in [0.2, 0.25) is 10.0 Å². The molecule has 0 bridgehead atoms. The van der Waals surface area contributed by atoms with Gasteiger partial charge in [-0.15, -0.1) is 11.3 Å². The van der Waals surface area contributed by atoms with Crippen molar-refractivity contribution in [2.75, 3.05) is 5.32 Å². The number of amides is 1. The molecule has 1 aromatic carbocycles. The fourth-order valence-corrected chi connectivity index (χ4v) is 3.47. The van der Waals surface area contributed by atoms with E-state index in [2.05, 4.69) is 10.4 Å². The van der Waals surface area contributed by atoms with Crippen LogP contribution in [0.5, 0.6) is 0 Å². The van der Waals surface area contributed by atoms with Gasteiger partial charge in [0.2, 0.25) is 0 Å². The number of anilines is 1. The van der Waals surface area contributed by atoms with E-state index in [-0.39, 0.29) is 11.7 Å². The van der Waals surface area contributed by atoms with Crippen molar-refractivity contribution in [3.8, 4) is 0 Å². The van der Waals surface area contributed by atoms with Crippen molar-refractivity contribution in [2.45, 2.75) is 13.5 Å². The minimum Gasteiger partial charge on any atom is -0.306 e. The normalized spacial score (nSPS) is 10.7. The number of ketones is 1. The van der Waals surface area contributed by atoms with Crippen LogP contribution < -0.4 is 5.32 Å². The van der Waals surface area contributed by atoms with Crippen molar-refractivity contribution in [3.63, 3.8) is 0 Å². The van der Waals surface area contributed by atoms with Crippen LogP contribution in [-0.2, 0) is 6.54 Å². The molecule has 1 N–H and O–H groups in total. The molecular formula is C17H13Cl2N3O2S. The number of rotatable bonds is 5. The maximum absolute atomic E-state index is 12.4. The Morgan fingerprint density at radius 3 is 2.60 bits per heavy atom. The van der Waals surface area contributed by atoms with E-state index in [1.807, 2.05) is 6.07 Å². The highest BCUT2D eigenvalue weighted by atomic mass is 35.5. The molecule has 2 heterocycles. The molecule has 1 amide bonds. The quantitative estimate of drug-likeness (QED) is 0.635. The van der Waals surface area contributed by atoms with Gasteiger partial charge in [0.05, 0.1) is 22.5 Å². The third-order valence-electron chi connectivity index (χ3n) is 3.47. The molecule has 0 radical (unpaired) electrons. The van der Waals surface area contributed by atoms with Gasteiger partial charge in [-0.2, -0.15) is 5.10 Å². The van der Waals surface area contributed by atoms with Gasteiger partial charge in [0.25, 0.3) is 5.91 Å². The summed E-state index contributed by atoms with van der Waals surface area (Å²) in [5.74, 6) is 0.182. The summed E-state index contributed by atoms with van der Waals surface area (Å²) in [6.07, 6.45) is 1.59. The Hall–Kier alpha value is -2.15. The molecule has 8 heteroatoms. The molecule has 0 fully saturated rings. The number of carbonyl (C=O) groups excluding carboxylic acids is 2. The molecule has 5 nitrogen and oxygen atoms in total. The van der Waals surface area contributed by atoms with Crippen LogP contribution in [-0.4, -0.2) is 21.5 Å². The van der Waals surface area contributed by atoms with Crippen LogP contribution in [0.4, 0.5) is 5.82 Å². The Kier molecular flexibility index (Phi) is 5.22. The maximum atomic E-state index is 12.4. The molecule has 0 atom stereocenters. The monoisotopic (exact) mass is 393 g/mol. The zero-order valence-electron chi connectivity index (χ0n) is 13.1. The van der Waals surface area contributed by atoms with Crippen molar-refractivity contribution in [2.24, 2.45) is 0 Å². The number of nitrogens with zero attached hydrogens (tertiary/aromatic N) is 2. The van der Waals surface area contributed by atoms with Crippen LogP contribution in [0.25, 0.3) is 0 Å². The summed E-state index contributed by atoms with van der Waals surface area (Å²) in [5.41, 5.74) is 0.834. The standard InChI is InChI=1S/C17H13Cl2N3O2S/c1-10(23)14-4-5-15(25-14)17(24)21-16-6-7-20-22(16)9-11-2-3-12(18)8-13(11)19/h2-8H,9H2,1H3,(H,21,24). The first-order chi connectivity index (χ1) is 11.9. The molecule has 0 saturated carbocycles. The van der Waals surface area contributed by atoms with E-state index in [1.54, 1.807) is 41.2 Å². The van der Waals surface area contributed by atoms with Crippen LogP contribution in [0.3, 0.4) is 0 Å². The second-order valence-corrected chi connectivity index (χ2v) is 7.21. The Morgan fingerprint density at radius 1 is 1.16 bits per heavy atom. The molecule has 0 aliphatic rings. The summed E-state index contributed by atoms with van der Waals surface area (Å²) in [6.45, 7) is 1.86. The van der Waals surface area contributed by atoms with Crippen molar-refractivity contribution < 1.29 is 9.59 Å². The van der Waals surface area contributed by atoms with Gasteiger partial charge in [-0.3, -0.25) is 9.59 Å². The molecule has 0 unspecified atom stereocenters. The van der Waals surface area contributed by atoms with E-state index in [4.69, 9.17) is 23.2 Å². The second kappa shape index (κ2) is 7.39. The minimum atomic E-state index is -0.290. The van der Waals surface area contributed by atoms with E-state index < -0.39 is 0 Å². The van der Waals surface area contributed by atoms with Gasteiger partial charge in [0.1, 0.15) is 5.82 Å². The SMILES string of the molecule is CC(=O)c1ccc(C(=O)Nc2ccnn2Cc2ccc(Cl)cc2Cl)s1. The average molecular weight is 394 g/mol. The van der Waals surface area contributed by atoms with Crippen LogP contribution >= 0.6 is 34.5 Å². The summed E-state index contributed by atoms with van der Waals surface area (Å²) < 4.78 is 1.63. The number of nitrogens with one attached hydrogen (secondary N) is 1. The number of halogens is 2. The van der Waals surface area contributed by atoms with E-state index >= 15 is 0 Å². The number of hydrogen-bond donors (Lipinski definition) is 1. The molecule has 128 valence electrons. The van der Waals surface area contributed by atoms with Gasteiger partial charge in [-0.1, -0.05) is 29.3 Å². The smallest absolute Gasteiger partial charge is 0.266 e. The van der Waals surface area contributed by atoms with Gasteiger partial charge in [-0.25, -0.2) is 4.68 Å². The fourth-order valence-electron chi connectivity index (χ4n) is 2.20. The zero-order valence-corrected chi connectivity index (χ0v) is 15.5. The lowest BCUT2D eigenvalue weighted by Crippen LogP contribution is -2.15. The largest absolute Gasteiger partial charge is 0.306 e. The maximum Gasteiger partial charge on any atom is 0.266 e. The average Bonchev–Trinajstić information content (AvgIpc) is 3.20. The minimum absolute atomic E-state index is 0.0635. The second-order valence-electron chi connectivity index (χ2n) is 5.28. The predicted octanol–water partition coefficient (Wildman–Crippen LogP) is 4.75. The number of hydrogen-bond acceptors (Lipinski definition) is 4. The highest BCUT2D eigenvalue weighted by Crippen LogP contribution is 2.23. The summed E-state index contributed by atoms with van der Waals surface area (Å²) in [4.78, 5) is 24.7. The van der Waals surface area contributed by atoms with E-state index in [1.165, 1.54) is 6.92 Å². The topological polar surface area (TPSA) is 64.0 Å². The van der Waals surface area contributed by atoms with Crippen molar-refractivity contribution >= 4 is 52.0 Å². The van der Waals surface area contributed by atoms with Crippen molar-refractivity contribution in [1.29, 1.82) is 0 Å². The molecule has 0 saturated heterocycles. The third-order valence-corrected chi connectivity index (χ3v) is 5.24. The molecule has 3 aromatic rings. The first kappa shape index (κ1) is 17.7. The zero-order chi connectivity index (χ0) is 18.0. The number of Topliss-reactive ketones (excluding diaryl/α,β-unsaturated/α-hetero) is 1. The highest BCUT2D eigenvalue weighted by molar-refractivity contribution is 7.16. The third kappa shape index (κ3) is 4.10. The Bertz CT molecular complexity index is 949. The predicted molar refractivity (Wildman–Crippen MR) is 100 cm³/mol. The number of aromatic nitrogens is 2. The molecule has 0 aliphatic carbocycles. The molecule has 0 aliphatic heterocycles. The summed E-state index contributed by atoms with van der Waals surface area (Å²) in [6, 6.07) is 10.2. The molecular weight excluding hydrogens is 381 g/mol. The summed E-state index contributed by atoms with van der Waals surface area (Å²) >= 11 is 13.3. The van der Waals surface area contributed by atoms with E-state index in [0.29, 0.717) is 32.2 Å². The molecule has 25 heavy (non-hydrogen) atoms. The first-order valence-electron chi connectivity index (χ1n) is 7.32. The molecule has 0 spiro atoms. The Labute approximate surface area is 158 Å². The molecule has 2 aromatic heterocycles. The number of carbonyl (C=O) groups is 2. The number of benzene rings is 1. The Morgan fingerprint density at radius 2 is 1.92 bits per heavy atom. The molecule has 3 rings (SSSR count). The van der Waals surface area contributed by atoms with Crippen LogP contribution in [0, 0.1) is 0 Å². The highest BCUT2D eigenvalue weighted by Gasteiger charge is 2.14. The lowest BCUT2D eigenvalue weighted by molar-refractivity contribution is 0.101. The summed E-state index contributed by atoms with van der Waals surface area (Å²) in [7, 11) is 0. The lowest BCUT2D eigenvalue weighted by atomic mass is 10.2. The van der Waals surface area contributed by atoms with E-state index in [9.17, 15) is 9.59 Å².